The minimum absolute atomic E-state index is 0.102. The molecule has 2 saturated heterocycles. The van der Waals surface area contributed by atoms with Crippen LogP contribution >= 0.6 is 0 Å². The minimum atomic E-state index is -0.227. The summed E-state index contributed by atoms with van der Waals surface area (Å²) in [4.78, 5) is 14.7. The molecule has 35 heavy (non-hydrogen) atoms. The molecule has 0 spiro atoms. The molecule has 0 bridgehead atoms. The lowest BCUT2D eigenvalue weighted by molar-refractivity contribution is 0.265. The number of hydrogen-bond donors (Lipinski definition) is 4. The molecule has 1 aromatic carbocycles. The average Bonchev–Trinajstić information content (AvgIpc) is 3.47. The Morgan fingerprint density at radius 3 is 2.80 bits per heavy atom. The van der Waals surface area contributed by atoms with Gasteiger partial charge in [-0.2, -0.15) is 0 Å². The van der Waals surface area contributed by atoms with E-state index < -0.39 is 0 Å². The minimum Gasteiger partial charge on any atom is -0.342 e. The number of aromatic amines is 1. The Morgan fingerprint density at radius 1 is 1.06 bits per heavy atom. The van der Waals surface area contributed by atoms with Crippen LogP contribution in [-0.4, -0.2) is 46.5 Å². The second kappa shape index (κ2) is 9.13. The Balaban J connectivity index is 1.29. The number of pyridine rings is 2. The molecule has 2 aliphatic heterocycles. The highest BCUT2D eigenvalue weighted by Gasteiger charge is 2.42. The molecule has 8 heteroatoms. The first-order chi connectivity index (χ1) is 17.1. The quantitative estimate of drug-likeness (QED) is 0.356. The first kappa shape index (κ1) is 22.3. The standard InChI is InChI=1S/C27H30FN7/c1-35(2)15-16-9-17(13-29-12-16)23-11-21-25(14-31-23)33-34-26(21)24-10-20-18(7-8-30-27(20)32-24)19-5-3-4-6-22(19)28/h3-10,12-13,21,23,25-26,31,33-34H,11,14-15H2,1-2H3,(H,30,32). The summed E-state index contributed by atoms with van der Waals surface area (Å²) in [5, 5.41) is 4.64. The summed E-state index contributed by atoms with van der Waals surface area (Å²) in [6.07, 6.45) is 6.64. The molecule has 4 aromatic rings. The first-order valence-corrected chi connectivity index (χ1v) is 12.1. The highest BCUT2D eigenvalue weighted by atomic mass is 19.1. The molecule has 2 aliphatic rings. The molecule has 7 nitrogen and oxygen atoms in total. The second-order valence-corrected chi connectivity index (χ2v) is 9.92. The Morgan fingerprint density at radius 2 is 1.94 bits per heavy atom. The molecular formula is C27H30FN7. The van der Waals surface area contributed by atoms with Gasteiger partial charge >= 0.3 is 0 Å². The third-order valence-electron chi connectivity index (χ3n) is 7.23. The van der Waals surface area contributed by atoms with Gasteiger partial charge in [0.25, 0.3) is 0 Å². The molecule has 180 valence electrons. The zero-order chi connectivity index (χ0) is 23.9. The number of nitrogens with zero attached hydrogens (tertiary/aromatic N) is 3. The number of aromatic nitrogens is 3. The fourth-order valence-corrected chi connectivity index (χ4v) is 5.61. The maximum absolute atomic E-state index is 14.6. The molecule has 0 radical (unpaired) electrons. The van der Waals surface area contributed by atoms with Crippen molar-refractivity contribution < 1.29 is 4.39 Å². The van der Waals surface area contributed by atoms with Gasteiger partial charge in [-0.05, 0) is 61.5 Å². The van der Waals surface area contributed by atoms with Crippen LogP contribution in [0, 0.1) is 11.7 Å². The van der Waals surface area contributed by atoms with Gasteiger partial charge in [-0.15, -0.1) is 0 Å². The van der Waals surface area contributed by atoms with Gasteiger partial charge in [0.1, 0.15) is 11.5 Å². The summed E-state index contributed by atoms with van der Waals surface area (Å²) < 4.78 is 14.6. The Labute approximate surface area is 204 Å². The van der Waals surface area contributed by atoms with Crippen molar-refractivity contribution in [2.75, 3.05) is 20.6 Å². The number of hydrogen-bond acceptors (Lipinski definition) is 6. The van der Waals surface area contributed by atoms with Gasteiger partial charge in [0.15, 0.2) is 0 Å². The third-order valence-corrected chi connectivity index (χ3v) is 7.23. The fraction of sp³-hybridized carbons (Fsp3) is 0.333. The van der Waals surface area contributed by atoms with Crippen LogP contribution in [0.1, 0.15) is 35.3 Å². The van der Waals surface area contributed by atoms with E-state index in [4.69, 9.17) is 0 Å². The van der Waals surface area contributed by atoms with Crippen molar-refractivity contribution in [1.82, 2.24) is 36.0 Å². The van der Waals surface area contributed by atoms with Crippen molar-refractivity contribution in [3.8, 4) is 11.1 Å². The maximum Gasteiger partial charge on any atom is 0.138 e. The summed E-state index contributed by atoms with van der Waals surface area (Å²) >= 11 is 0. The van der Waals surface area contributed by atoms with Crippen LogP contribution in [0.4, 0.5) is 4.39 Å². The number of H-pyrrole nitrogens is 1. The predicted molar refractivity (Wildman–Crippen MR) is 135 cm³/mol. The normalized spacial score (nSPS) is 24.2. The van der Waals surface area contributed by atoms with Crippen LogP contribution < -0.4 is 16.2 Å². The van der Waals surface area contributed by atoms with Crippen LogP contribution in [0.5, 0.6) is 0 Å². The SMILES string of the molecule is CN(C)Cc1cncc(C2CC3C(CN2)NNC3c2cc3c(-c4ccccc4F)ccnc3[nH]2)c1. The third kappa shape index (κ3) is 4.23. The van der Waals surface area contributed by atoms with Crippen LogP contribution in [0.25, 0.3) is 22.2 Å². The summed E-state index contributed by atoms with van der Waals surface area (Å²) in [5.41, 5.74) is 12.7. The van der Waals surface area contributed by atoms with Gasteiger partial charge < -0.3 is 15.2 Å². The van der Waals surface area contributed by atoms with E-state index in [2.05, 4.69) is 62.2 Å². The van der Waals surface area contributed by atoms with Crippen LogP contribution in [-0.2, 0) is 6.54 Å². The van der Waals surface area contributed by atoms with Gasteiger partial charge in [0, 0.05) is 66.3 Å². The average molecular weight is 472 g/mol. The molecular weight excluding hydrogens is 441 g/mol. The van der Waals surface area contributed by atoms with E-state index in [1.54, 1.807) is 12.3 Å². The van der Waals surface area contributed by atoms with E-state index in [9.17, 15) is 4.39 Å². The number of rotatable bonds is 5. The number of nitrogens with one attached hydrogen (secondary N) is 4. The molecule has 5 heterocycles. The van der Waals surface area contributed by atoms with Gasteiger partial charge in [0.05, 0.1) is 6.04 Å². The summed E-state index contributed by atoms with van der Waals surface area (Å²) in [5.74, 6) is 0.151. The van der Waals surface area contributed by atoms with Gasteiger partial charge in [0.2, 0.25) is 0 Å². The molecule has 4 N–H and O–H groups in total. The van der Waals surface area contributed by atoms with Crippen molar-refractivity contribution in [3.63, 3.8) is 0 Å². The van der Waals surface area contributed by atoms with E-state index in [0.29, 0.717) is 17.5 Å². The zero-order valence-electron chi connectivity index (χ0n) is 19.9. The molecule has 4 atom stereocenters. The molecule has 4 unspecified atom stereocenters. The number of hydrazine groups is 1. The van der Waals surface area contributed by atoms with Crippen LogP contribution in [0.3, 0.4) is 0 Å². The molecule has 3 aromatic heterocycles. The summed E-state index contributed by atoms with van der Waals surface area (Å²) in [6, 6.07) is 13.8. The van der Waals surface area contributed by atoms with E-state index >= 15 is 0 Å². The van der Waals surface area contributed by atoms with Crippen molar-refractivity contribution >= 4 is 11.0 Å². The Kier molecular flexibility index (Phi) is 5.82. The first-order valence-electron chi connectivity index (χ1n) is 12.1. The molecule has 2 fully saturated rings. The molecule has 0 aliphatic carbocycles. The fourth-order valence-electron chi connectivity index (χ4n) is 5.61. The number of benzene rings is 1. The van der Waals surface area contributed by atoms with Crippen LogP contribution in [0.2, 0.25) is 0 Å². The largest absolute Gasteiger partial charge is 0.342 e. The Hall–Kier alpha value is -3.17. The maximum atomic E-state index is 14.6. The van der Waals surface area contributed by atoms with Crippen LogP contribution in [0.15, 0.2) is 61.1 Å². The summed E-state index contributed by atoms with van der Waals surface area (Å²) in [6.45, 7) is 1.74. The smallest absolute Gasteiger partial charge is 0.138 e. The van der Waals surface area contributed by atoms with Gasteiger partial charge in [-0.1, -0.05) is 18.2 Å². The number of halogens is 1. The lowest BCUT2D eigenvalue weighted by Crippen LogP contribution is -2.46. The second-order valence-electron chi connectivity index (χ2n) is 9.92. The van der Waals surface area contributed by atoms with E-state index in [0.717, 1.165) is 41.8 Å². The van der Waals surface area contributed by atoms with E-state index in [1.165, 1.54) is 17.2 Å². The van der Waals surface area contributed by atoms with Gasteiger partial charge in [-0.3, -0.25) is 10.4 Å². The molecule has 0 amide bonds. The van der Waals surface area contributed by atoms with Crippen molar-refractivity contribution in [3.05, 3.63) is 83.7 Å². The topological polar surface area (TPSA) is 80.9 Å². The monoisotopic (exact) mass is 471 g/mol. The molecule has 0 saturated carbocycles. The highest BCUT2D eigenvalue weighted by Crippen LogP contribution is 2.40. The van der Waals surface area contributed by atoms with Crippen molar-refractivity contribution in [1.29, 1.82) is 0 Å². The highest BCUT2D eigenvalue weighted by molar-refractivity contribution is 5.93. The van der Waals surface area contributed by atoms with Gasteiger partial charge in [-0.25, -0.2) is 14.8 Å². The van der Waals surface area contributed by atoms with E-state index in [1.807, 2.05) is 30.6 Å². The van der Waals surface area contributed by atoms with Crippen molar-refractivity contribution in [2.45, 2.75) is 31.1 Å². The summed E-state index contributed by atoms with van der Waals surface area (Å²) in [7, 11) is 4.15. The lowest BCUT2D eigenvalue weighted by atomic mass is 9.81. The number of fused-ring (bicyclic) bond motifs is 2. The lowest BCUT2D eigenvalue weighted by Gasteiger charge is -2.34. The van der Waals surface area contributed by atoms with Crippen molar-refractivity contribution in [2.24, 2.45) is 5.92 Å². The Bertz CT molecular complexity index is 1350. The number of piperidine rings is 1. The van der Waals surface area contributed by atoms with E-state index in [-0.39, 0.29) is 17.9 Å². The predicted octanol–water partition coefficient (Wildman–Crippen LogP) is 3.69. The molecule has 6 rings (SSSR count). The zero-order valence-corrected chi connectivity index (χ0v) is 19.9.